The summed E-state index contributed by atoms with van der Waals surface area (Å²) in [5.41, 5.74) is 2.71. The van der Waals surface area contributed by atoms with Crippen LogP contribution in [0.2, 0.25) is 0 Å². The van der Waals surface area contributed by atoms with Crippen LogP contribution in [0.15, 0.2) is 53.0 Å². The van der Waals surface area contributed by atoms with Gasteiger partial charge in [0.1, 0.15) is 0 Å². The van der Waals surface area contributed by atoms with Crippen molar-refractivity contribution in [1.29, 1.82) is 0 Å². The summed E-state index contributed by atoms with van der Waals surface area (Å²) in [5.74, 6) is 5.14. The van der Waals surface area contributed by atoms with Crippen LogP contribution in [0.5, 0.6) is 0 Å². The number of carbonyl (C=O) groups is 1. The molecule has 2 nitrogen and oxygen atoms in total. The molecule has 0 unspecified atom stereocenters. The number of hydrogen-bond acceptors (Lipinski definition) is 1. The van der Waals surface area contributed by atoms with E-state index in [1.165, 1.54) is 0 Å². The van der Waals surface area contributed by atoms with E-state index in [1.807, 2.05) is 55.5 Å². The fourth-order valence-electron chi connectivity index (χ4n) is 1.78. The van der Waals surface area contributed by atoms with Crippen LogP contribution in [-0.2, 0) is 11.2 Å². The molecule has 20 heavy (non-hydrogen) atoms. The third-order valence-corrected chi connectivity index (χ3v) is 3.28. The molecular weight excluding hydrogens is 314 g/mol. The minimum absolute atomic E-state index is 0.300. The summed E-state index contributed by atoms with van der Waals surface area (Å²) in [5, 5.41) is 2.83. The number of halogens is 1. The molecule has 100 valence electrons. The fraction of sp³-hybridized carbons (Fsp3) is 0.118. The van der Waals surface area contributed by atoms with Crippen molar-refractivity contribution in [2.45, 2.75) is 13.3 Å². The molecule has 1 N–H and O–H groups in total. The number of nitrogens with one attached hydrogen (secondary N) is 1. The van der Waals surface area contributed by atoms with Gasteiger partial charge in [0, 0.05) is 21.6 Å². The van der Waals surface area contributed by atoms with Gasteiger partial charge in [0.05, 0.1) is 0 Å². The summed E-state index contributed by atoms with van der Waals surface area (Å²) < 4.78 is 1.00. The number of hydrogen-bond donors (Lipinski definition) is 1. The summed E-state index contributed by atoms with van der Waals surface area (Å²) in [4.78, 5) is 11.8. The van der Waals surface area contributed by atoms with Crippen molar-refractivity contribution >= 4 is 27.5 Å². The third kappa shape index (κ3) is 3.97. The predicted molar refractivity (Wildman–Crippen MR) is 85.5 cm³/mol. The zero-order chi connectivity index (χ0) is 14.4. The first-order chi connectivity index (χ1) is 9.69. The molecule has 0 fully saturated rings. The zero-order valence-corrected chi connectivity index (χ0v) is 12.7. The molecule has 1 amide bonds. The van der Waals surface area contributed by atoms with Gasteiger partial charge in [0.2, 0.25) is 0 Å². The van der Waals surface area contributed by atoms with Gasteiger partial charge in [0.15, 0.2) is 0 Å². The Morgan fingerprint density at radius 2 is 1.95 bits per heavy atom. The summed E-state index contributed by atoms with van der Waals surface area (Å²) >= 11 is 3.42. The highest BCUT2D eigenvalue weighted by Crippen LogP contribution is 2.21. The summed E-state index contributed by atoms with van der Waals surface area (Å²) in [7, 11) is 0. The van der Waals surface area contributed by atoms with Gasteiger partial charge < -0.3 is 5.32 Å². The summed E-state index contributed by atoms with van der Waals surface area (Å²) in [6, 6.07) is 15.2. The number of benzene rings is 2. The van der Waals surface area contributed by atoms with Crippen molar-refractivity contribution in [2.75, 3.05) is 5.32 Å². The van der Waals surface area contributed by atoms with Crippen molar-refractivity contribution < 1.29 is 4.79 Å². The van der Waals surface area contributed by atoms with E-state index in [-0.39, 0.29) is 5.91 Å². The number of carbonyl (C=O) groups excluding carboxylic acids is 1. The maximum absolute atomic E-state index is 11.8. The van der Waals surface area contributed by atoms with Gasteiger partial charge in [0.25, 0.3) is 0 Å². The Kier molecular flexibility index (Phi) is 4.97. The molecule has 0 aliphatic carbocycles. The van der Waals surface area contributed by atoms with E-state index in [1.54, 1.807) is 0 Å². The summed E-state index contributed by atoms with van der Waals surface area (Å²) in [6.45, 7) is 2.05. The maximum Gasteiger partial charge on any atom is 0.300 e. The van der Waals surface area contributed by atoms with Crippen molar-refractivity contribution in [2.24, 2.45) is 0 Å². The van der Waals surface area contributed by atoms with Gasteiger partial charge >= 0.3 is 5.91 Å². The molecule has 2 rings (SSSR count). The van der Waals surface area contributed by atoms with Gasteiger partial charge in [-0.05, 0) is 42.3 Å². The van der Waals surface area contributed by atoms with Gasteiger partial charge in [-0.3, -0.25) is 4.79 Å². The van der Waals surface area contributed by atoms with Gasteiger partial charge in [-0.15, -0.1) is 0 Å². The molecule has 2 aromatic rings. The van der Waals surface area contributed by atoms with E-state index >= 15 is 0 Å². The van der Waals surface area contributed by atoms with Crippen LogP contribution in [0.4, 0.5) is 5.69 Å². The molecule has 2 aromatic carbocycles. The van der Waals surface area contributed by atoms with Gasteiger partial charge in [-0.1, -0.05) is 47.0 Å². The predicted octanol–water partition coefficient (Wildman–Crippen LogP) is 4.00. The zero-order valence-electron chi connectivity index (χ0n) is 11.1. The maximum atomic E-state index is 11.8. The second-order valence-electron chi connectivity index (χ2n) is 4.23. The first kappa shape index (κ1) is 14.4. The quantitative estimate of drug-likeness (QED) is 0.830. The van der Waals surface area contributed by atoms with Crippen molar-refractivity contribution in [1.82, 2.24) is 0 Å². The molecule has 0 radical (unpaired) electrons. The van der Waals surface area contributed by atoms with Gasteiger partial charge in [-0.25, -0.2) is 0 Å². The third-order valence-electron chi connectivity index (χ3n) is 2.79. The van der Waals surface area contributed by atoms with Crippen LogP contribution in [-0.4, -0.2) is 5.91 Å². The molecule has 0 spiro atoms. The van der Waals surface area contributed by atoms with Crippen LogP contribution < -0.4 is 5.32 Å². The Balaban J connectivity index is 2.11. The Hall–Kier alpha value is -2.05. The van der Waals surface area contributed by atoms with E-state index in [9.17, 15) is 4.79 Å². The van der Waals surface area contributed by atoms with Crippen LogP contribution >= 0.6 is 15.9 Å². The Labute approximate surface area is 127 Å². The highest BCUT2D eigenvalue weighted by molar-refractivity contribution is 9.10. The van der Waals surface area contributed by atoms with E-state index < -0.39 is 0 Å². The van der Waals surface area contributed by atoms with Crippen LogP contribution in [0, 0.1) is 11.8 Å². The molecule has 0 aliphatic heterocycles. The lowest BCUT2D eigenvalue weighted by atomic mass is 10.1. The average Bonchev–Trinajstić information content (AvgIpc) is 2.48. The topological polar surface area (TPSA) is 29.1 Å². The Morgan fingerprint density at radius 1 is 1.20 bits per heavy atom. The SMILES string of the molecule is CCc1cc(Br)ccc1NC(=O)C#Cc1ccccc1. The first-order valence-electron chi connectivity index (χ1n) is 6.35. The van der Waals surface area contributed by atoms with Crippen LogP contribution in [0.1, 0.15) is 18.1 Å². The molecule has 0 aliphatic rings. The standard InChI is InChI=1S/C17H14BrNO/c1-2-14-12-15(18)9-10-16(14)19-17(20)11-8-13-6-4-3-5-7-13/h3-7,9-10,12H,2H2,1H3,(H,19,20). The Bertz CT molecular complexity index is 668. The van der Waals surface area contributed by atoms with E-state index in [0.29, 0.717) is 0 Å². The molecule has 0 atom stereocenters. The highest BCUT2D eigenvalue weighted by atomic mass is 79.9. The lowest BCUT2D eigenvalue weighted by Crippen LogP contribution is -2.10. The van der Waals surface area contributed by atoms with Crippen molar-refractivity contribution in [3.8, 4) is 11.8 Å². The highest BCUT2D eigenvalue weighted by Gasteiger charge is 2.04. The normalized spacial score (nSPS) is 9.50. The number of amides is 1. The minimum Gasteiger partial charge on any atom is -0.315 e. The number of anilines is 1. The Morgan fingerprint density at radius 3 is 2.65 bits per heavy atom. The molecule has 0 saturated carbocycles. The van der Waals surface area contributed by atoms with Crippen molar-refractivity contribution in [3.63, 3.8) is 0 Å². The lowest BCUT2D eigenvalue weighted by molar-refractivity contribution is -0.111. The first-order valence-corrected chi connectivity index (χ1v) is 7.15. The van der Waals surface area contributed by atoms with Crippen LogP contribution in [0.25, 0.3) is 0 Å². The number of aryl methyl sites for hydroxylation is 1. The average molecular weight is 328 g/mol. The largest absolute Gasteiger partial charge is 0.315 e. The molecule has 0 aromatic heterocycles. The monoisotopic (exact) mass is 327 g/mol. The summed E-state index contributed by atoms with van der Waals surface area (Å²) in [6.07, 6.45) is 0.848. The molecular formula is C17H14BrNO. The minimum atomic E-state index is -0.300. The molecule has 0 bridgehead atoms. The smallest absolute Gasteiger partial charge is 0.300 e. The second kappa shape index (κ2) is 6.93. The molecule has 0 saturated heterocycles. The fourth-order valence-corrected chi connectivity index (χ4v) is 2.19. The number of rotatable bonds is 2. The molecule has 0 heterocycles. The van der Waals surface area contributed by atoms with Crippen molar-refractivity contribution in [3.05, 3.63) is 64.1 Å². The molecule has 3 heteroatoms. The van der Waals surface area contributed by atoms with E-state index in [2.05, 4.69) is 33.1 Å². The van der Waals surface area contributed by atoms with E-state index in [0.717, 1.165) is 27.7 Å². The lowest BCUT2D eigenvalue weighted by Gasteiger charge is -2.07. The second-order valence-corrected chi connectivity index (χ2v) is 5.14. The van der Waals surface area contributed by atoms with Gasteiger partial charge in [-0.2, -0.15) is 0 Å². The van der Waals surface area contributed by atoms with Crippen LogP contribution in [0.3, 0.4) is 0 Å². The van der Waals surface area contributed by atoms with E-state index in [4.69, 9.17) is 0 Å².